The number of β-lactam (4-membered cyclic amide) rings is 1. The molecule has 2 fully saturated rings. The van der Waals surface area contributed by atoms with Gasteiger partial charge in [-0.2, -0.15) is 0 Å². The molecule has 1 unspecified atom stereocenters. The van der Waals surface area contributed by atoms with Crippen LogP contribution in [0.2, 0.25) is 0 Å². The molecule has 0 aliphatic carbocycles. The number of anilines is 1. The van der Waals surface area contributed by atoms with Gasteiger partial charge in [0.05, 0.1) is 0 Å². The molecule has 5 N–H and O–H groups in total. The van der Waals surface area contributed by atoms with Crippen LogP contribution in [0.3, 0.4) is 0 Å². The molecule has 156 valence electrons. The molecule has 3 heterocycles. The van der Waals surface area contributed by atoms with Gasteiger partial charge in [-0.15, -0.1) is 23.1 Å². The van der Waals surface area contributed by atoms with Gasteiger partial charge in [-0.3, -0.25) is 14.4 Å². The molecule has 12 nitrogen and oxygen atoms in total. The highest BCUT2D eigenvalue weighted by molar-refractivity contribution is 8.01. The van der Waals surface area contributed by atoms with Crippen LogP contribution in [0.1, 0.15) is 19.5 Å². The van der Waals surface area contributed by atoms with Gasteiger partial charge in [0.2, 0.25) is 11.5 Å². The molecular formula is C15H17N5O7S2. The van der Waals surface area contributed by atoms with Crippen molar-refractivity contribution in [3.05, 3.63) is 11.1 Å². The third-order valence-electron chi connectivity index (χ3n) is 4.23. The molecule has 0 spiro atoms. The smallest absolute Gasteiger partial charge is 0.350 e. The predicted molar refractivity (Wildman–Crippen MR) is 102 cm³/mol. The first-order chi connectivity index (χ1) is 13.5. The zero-order valence-electron chi connectivity index (χ0n) is 15.2. The zero-order chi connectivity index (χ0) is 21.5. The molecule has 0 aromatic carbocycles. The number of carbonyl (C=O) groups is 4. The van der Waals surface area contributed by atoms with Crippen molar-refractivity contribution in [3.8, 4) is 0 Å². The number of hydrogen-bond acceptors (Lipinski definition) is 10. The number of carbonyl (C=O) groups excluding carboxylic acids is 2. The number of rotatable bonds is 7. The predicted octanol–water partition coefficient (Wildman–Crippen LogP) is -0.838. The van der Waals surface area contributed by atoms with Crippen LogP contribution in [0.15, 0.2) is 10.5 Å². The molecule has 2 saturated heterocycles. The number of thioether (sulfide) groups is 1. The van der Waals surface area contributed by atoms with E-state index in [-0.39, 0.29) is 23.1 Å². The lowest BCUT2D eigenvalue weighted by molar-refractivity contribution is -0.161. The van der Waals surface area contributed by atoms with Gasteiger partial charge in [0.15, 0.2) is 10.8 Å². The lowest BCUT2D eigenvalue weighted by Crippen LogP contribution is -2.67. The molecule has 2 aliphatic heterocycles. The zero-order valence-corrected chi connectivity index (χ0v) is 16.8. The maximum absolute atomic E-state index is 12.8. The second-order valence-electron chi connectivity index (χ2n) is 6.71. The second kappa shape index (κ2) is 7.51. The van der Waals surface area contributed by atoms with E-state index in [0.717, 1.165) is 23.1 Å². The number of aromatic nitrogens is 1. The van der Waals surface area contributed by atoms with E-state index >= 15 is 0 Å². The van der Waals surface area contributed by atoms with Gasteiger partial charge in [-0.25, -0.2) is 9.78 Å². The Morgan fingerprint density at radius 3 is 2.66 bits per heavy atom. The number of fused-ring (bicyclic) bond motifs is 1. The quantitative estimate of drug-likeness (QED) is 0.235. The summed E-state index contributed by atoms with van der Waals surface area (Å²) in [5, 5.41) is 24.7. The third kappa shape index (κ3) is 3.98. The van der Waals surface area contributed by atoms with Gasteiger partial charge in [0.25, 0.3) is 5.91 Å². The van der Waals surface area contributed by atoms with E-state index in [1.165, 1.54) is 24.1 Å². The number of nitrogens with zero attached hydrogens (tertiary/aromatic N) is 3. The van der Waals surface area contributed by atoms with Crippen LogP contribution < -0.4 is 11.1 Å². The van der Waals surface area contributed by atoms with Gasteiger partial charge in [0.1, 0.15) is 22.4 Å². The van der Waals surface area contributed by atoms with Gasteiger partial charge in [0, 0.05) is 11.9 Å². The molecular weight excluding hydrogens is 426 g/mol. The summed E-state index contributed by atoms with van der Waals surface area (Å²) in [6, 6.07) is -0.939. The van der Waals surface area contributed by atoms with E-state index in [2.05, 4.69) is 15.5 Å². The summed E-state index contributed by atoms with van der Waals surface area (Å²) < 4.78 is 0. The minimum absolute atomic E-state index is 0.0531. The Bertz CT molecular complexity index is 915. The van der Waals surface area contributed by atoms with Gasteiger partial charge in [-0.1, -0.05) is 5.16 Å². The maximum atomic E-state index is 12.8. The van der Waals surface area contributed by atoms with Crippen molar-refractivity contribution < 1.29 is 34.2 Å². The monoisotopic (exact) mass is 443 g/mol. The first kappa shape index (κ1) is 20.9. The van der Waals surface area contributed by atoms with Crippen molar-refractivity contribution in [2.24, 2.45) is 5.16 Å². The number of nitrogen functional groups attached to an aromatic ring is 1. The molecule has 14 heteroatoms. The van der Waals surface area contributed by atoms with Crippen molar-refractivity contribution >= 4 is 57.7 Å². The van der Waals surface area contributed by atoms with Gasteiger partial charge >= 0.3 is 11.9 Å². The average molecular weight is 443 g/mol. The summed E-state index contributed by atoms with van der Waals surface area (Å²) in [6.07, 6.45) is 0. The van der Waals surface area contributed by atoms with Crippen LogP contribution in [-0.2, 0) is 24.0 Å². The fourth-order valence-corrected chi connectivity index (χ4v) is 4.46. The van der Waals surface area contributed by atoms with Crippen molar-refractivity contribution in [2.45, 2.75) is 36.1 Å². The minimum atomic E-state index is -1.72. The Morgan fingerprint density at radius 2 is 2.10 bits per heavy atom. The molecule has 3 rings (SSSR count). The number of nitrogens with one attached hydrogen (secondary N) is 1. The van der Waals surface area contributed by atoms with E-state index in [4.69, 9.17) is 20.8 Å². The summed E-state index contributed by atoms with van der Waals surface area (Å²) in [6.45, 7) is 2.56. The number of amides is 2. The van der Waals surface area contributed by atoms with Crippen molar-refractivity contribution in [3.63, 3.8) is 0 Å². The van der Waals surface area contributed by atoms with Gasteiger partial charge < -0.3 is 31.0 Å². The Morgan fingerprint density at radius 1 is 1.41 bits per heavy atom. The summed E-state index contributed by atoms with van der Waals surface area (Å²) in [5.41, 5.74) is 3.57. The third-order valence-corrected chi connectivity index (χ3v) is 6.39. The first-order valence-electron chi connectivity index (χ1n) is 8.22. The Labute approximate surface area is 172 Å². The largest absolute Gasteiger partial charge is 0.480 e. The van der Waals surface area contributed by atoms with Crippen LogP contribution in [0.5, 0.6) is 0 Å². The number of oxime groups is 1. The maximum Gasteiger partial charge on any atom is 0.350 e. The van der Waals surface area contributed by atoms with Crippen LogP contribution in [-0.4, -0.2) is 78.4 Å². The number of carboxylic acid groups (broad SMARTS) is 2. The number of carboxylic acids is 2. The normalized spacial score (nSPS) is 23.9. The molecule has 1 aromatic heterocycles. The fourth-order valence-electron chi connectivity index (χ4n) is 2.54. The molecule has 0 bridgehead atoms. The number of thiazole rings is 1. The SMILES string of the molecule is CC(C)(O/N=C(\C(=O)N[C@@H]1C(=O)N2C[C@H](C(=O)O)SC12)c1csc(N)n1)C(=O)O. The number of hydrogen-bond donors (Lipinski definition) is 4. The van der Waals surface area contributed by atoms with E-state index in [1.54, 1.807) is 0 Å². The highest BCUT2D eigenvalue weighted by Gasteiger charge is 2.55. The van der Waals surface area contributed by atoms with E-state index < -0.39 is 46.0 Å². The lowest BCUT2D eigenvalue weighted by atomic mass is 10.1. The van der Waals surface area contributed by atoms with Crippen LogP contribution in [0, 0.1) is 0 Å². The molecule has 29 heavy (non-hydrogen) atoms. The first-order valence-corrected chi connectivity index (χ1v) is 10.0. The Kier molecular flexibility index (Phi) is 5.40. The highest BCUT2D eigenvalue weighted by atomic mass is 32.2. The summed E-state index contributed by atoms with van der Waals surface area (Å²) >= 11 is 2.10. The van der Waals surface area contributed by atoms with E-state index in [0.29, 0.717) is 0 Å². The number of aliphatic carboxylic acids is 2. The minimum Gasteiger partial charge on any atom is -0.480 e. The molecule has 3 atom stereocenters. The van der Waals surface area contributed by atoms with Crippen LogP contribution in [0.25, 0.3) is 0 Å². The standard InChI is InChI=1S/C15H17N5O7S2/c1-15(2,13(25)26)27-19-7(5-4-28-14(16)17-5)9(21)18-8-10(22)20-3-6(12(23)24)29-11(8)20/h4,6,8,11H,3H2,1-2H3,(H2,16,17)(H,18,21)(H,23,24)(H,25,26)/b19-7-/t6-,8-,11?/m1/s1. The molecule has 2 aliphatic rings. The average Bonchev–Trinajstić information content (AvgIpc) is 3.24. The summed E-state index contributed by atoms with van der Waals surface area (Å²) in [5.74, 6) is -3.57. The van der Waals surface area contributed by atoms with Crippen molar-refractivity contribution in [2.75, 3.05) is 12.3 Å². The number of nitrogens with two attached hydrogens (primary N) is 1. The Balaban J connectivity index is 1.78. The summed E-state index contributed by atoms with van der Waals surface area (Å²) in [7, 11) is 0. The lowest BCUT2D eigenvalue weighted by Gasteiger charge is -2.41. The topological polar surface area (TPSA) is 185 Å². The van der Waals surface area contributed by atoms with Crippen molar-refractivity contribution in [1.82, 2.24) is 15.2 Å². The van der Waals surface area contributed by atoms with Crippen molar-refractivity contribution in [1.29, 1.82) is 0 Å². The second-order valence-corrected chi connectivity index (χ2v) is 8.93. The molecule has 0 radical (unpaired) electrons. The highest BCUT2D eigenvalue weighted by Crippen LogP contribution is 2.40. The van der Waals surface area contributed by atoms with E-state index in [9.17, 15) is 19.2 Å². The van der Waals surface area contributed by atoms with Crippen LogP contribution >= 0.6 is 23.1 Å². The Hall–Kier alpha value is -2.87. The van der Waals surface area contributed by atoms with Gasteiger partial charge in [-0.05, 0) is 13.8 Å². The fraction of sp³-hybridized carbons (Fsp3) is 0.467. The van der Waals surface area contributed by atoms with Crippen LogP contribution in [0.4, 0.5) is 5.13 Å². The summed E-state index contributed by atoms with van der Waals surface area (Å²) in [4.78, 5) is 57.7. The molecule has 0 saturated carbocycles. The molecule has 1 aromatic rings. The molecule has 2 amide bonds. The van der Waals surface area contributed by atoms with E-state index in [1.807, 2.05) is 0 Å².